The number of aryl methyl sites for hydroxylation is 1. The van der Waals surface area contributed by atoms with Crippen molar-refractivity contribution in [3.8, 4) is 5.88 Å². The Labute approximate surface area is 158 Å². The summed E-state index contributed by atoms with van der Waals surface area (Å²) in [6, 6.07) is 12.5. The van der Waals surface area contributed by atoms with Crippen molar-refractivity contribution in [3.05, 3.63) is 47.7 Å². The molecule has 25 heavy (non-hydrogen) atoms. The van der Waals surface area contributed by atoms with Crippen LogP contribution in [0.5, 0.6) is 5.88 Å². The number of halogens is 1. The Kier molecular flexibility index (Phi) is 7.37. The minimum absolute atomic E-state index is 0. The summed E-state index contributed by atoms with van der Waals surface area (Å²) in [6.45, 7) is 6.19. The van der Waals surface area contributed by atoms with E-state index in [-0.39, 0.29) is 12.4 Å². The molecule has 1 aliphatic carbocycles. The molecular weight excluding hydrogens is 332 g/mol. The SMILES string of the molecule is CCCc1cc(OCc2ccccc2)n(CC2(C)CCCCC2)n1.Cl. The third-order valence-corrected chi connectivity index (χ3v) is 5.12. The van der Waals surface area contributed by atoms with Crippen LogP contribution in [0.3, 0.4) is 0 Å². The molecule has 1 saturated carbocycles. The van der Waals surface area contributed by atoms with Crippen LogP contribution in [0.1, 0.15) is 63.6 Å². The van der Waals surface area contributed by atoms with Crippen molar-refractivity contribution < 1.29 is 4.74 Å². The highest BCUT2D eigenvalue weighted by molar-refractivity contribution is 5.85. The molecule has 0 spiro atoms. The van der Waals surface area contributed by atoms with Gasteiger partial charge in [0.1, 0.15) is 6.61 Å². The van der Waals surface area contributed by atoms with E-state index < -0.39 is 0 Å². The summed E-state index contributed by atoms with van der Waals surface area (Å²) in [7, 11) is 0. The lowest BCUT2D eigenvalue weighted by Crippen LogP contribution is -2.27. The summed E-state index contributed by atoms with van der Waals surface area (Å²) in [5, 5.41) is 4.84. The average Bonchev–Trinajstić information content (AvgIpc) is 2.96. The molecule has 0 aliphatic heterocycles. The van der Waals surface area contributed by atoms with Gasteiger partial charge in [0.15, 0.2) is 0 Å². The molecule has 0 N–H and O–H groups in total. The van der Waals surface area contributed by atoms with Crippen molar-refractivity contribution in [2.75, 3.05) is 0 Å². The first-order valence-corrected chi connectivity index (χ1v) is 9.42. The van der Waals surface area contributed by atoms with Gasteiger partial charge < -0.3 is 4.74 Å². The van der Waals surface area contributed by atoms with E-state index in [1.807, 2.05) is 6.07 Å². The topological polar surface area (TPSA) is 27.1 Å². The minimum atomic E-state index is 0. The summed E-state index contributed by atoms with van der Waals surface area (Å²) in [5.41, 5.74) is 2.71. The van der Waals surface area contributed by atoms with E-state index in [0.29, 0.717) is 12.0 Å². The first-order chi connectivity index (χ1) is 11.7. The fourth-order valence-corrected chi connectivity index (χ4v) is 3.71. The maximum absolute atomic E-state index is 6.14. The van der Waals surface area contributed by atoms with Gasteiger partial charge in [0.2, 0.25) is 5.88 Å². The van der Waals surface area contributed by atoms with Crippen molar-refractivity contribution in [2.45, 2.75) is 71.9 Å². The molecule has 1 aromatic heterocycles. The molecule has 3 nitrogen and oxygen atoms in total. The predicted octanol–water partition coefficient (Wildman–Crippen LogP) is 5.81. The highest BCUT2D eigenvalue weighted by Gasteiger charge is 2.28. The fourth-order valence-electron chi connectivity index (χ4n) is 3.71. The second-order valence-corrected chi connectivity index (χ2v) is 7.53. The quantitative estimate of drug-likeness (QED) is 0.621. The largest absolute Gasteiger partial charge is 0.473 e. The van der Waals surface area contributed by atoms with Gasteiger partial charge >= 0.3 is 0 Å². The predicted molar refractivity (Wildman–Crippen MR) is 105 cm³/mol. The third-order valence-electron chi connectivity index (χ3n) is 5.12. The van der Waals surface area contributed by atoms with E-state index in [1.54, 1.807) is 0 Å². The number of benzene rings is 1. The maximum Gasteiger partial charge on any atom is 0.212 e. The van der Waals surface area contributed by atoms with Gasteiger partial charge in [-0.25, -0.2) is 4.68 Å². The van der Waals surface area contributed by atoms with Crippen LogP contribution < -0.4 is 4.74 Å². The zero-order chi connectivity index (χ0) is 16.8. The van der Waals surface area contributed by atoms with Gasteiger partial charge in [0.05, 0.1) is 12.2 Å². The molecule has 0 bridgehead atoms. The van der Waals surface area contributed by atoms with Gasteiger partial charge in [-0.1, -0.05) is 69.9 Å². The normalized spacial score (nSPS) is 16.2. The molecule has 1 heterocycles. The lowest BCUT2D eigenvalue weighted by atomic mass is 9.76. The van der Waals surface area contributed by atoms with Crippen LogP contribution >= 0.6 is 12.4 Å². The van der Waals surface area contributed by atoms with Gasteiger partial charge in [-0.2, -0.15) is 5.10 Å². The zero-order valence-corrected chi connectivity index (χ0v) is 16.4. The molecule has 0 atom stereocenters. The lowest BCUT2D eigenvalue weighted by Gasteiger charge is -2.33. The van der Waals surface area contributed by atoms with E-state index in [2.05, 4.69) is 48.9 Å². The Balaban J connectivity index is 0.00000225. The molecule has 0 saturated heterocycles. The van der Waals surface area contributed by atoms with Gasteiger partial charge in [0.25, 0.3) is 0 Å². The lowest BCUT2D eigenvalue weighted by molar-refractivity contribution is 0.161. The number of hydrogen-bond donors (Lipinski definition) is 0. The average molecular weight is 363 g/mol. The molecule has 1 fully saturated rings. The van der Waals surface area contributed by atoms with E-state index in [9.17, 15) is 0 Å². The zero-order valence-electron chi connectivity index (χ0n) is 15.5. The second-order valence-electron chi connectivity index (χ2n) is 7.53. The van der Waals surface area contributed by atoms with Crippen molar-refractivity contribution in [3.63, 3.8) is 0 Å². The minimum Gasteiger partial charge on any atom is -0.473 e. The third kappa shape index (κ3) is 5.50. The van der Waals surface area contributed by atoms with Crippen molar-refractivity contribution >= 4 is 12.4 Å². The van der Waals surface area contributed by atoms with Gasteiger partial charge in [-0.05, 0) is 30.2 Å². The Morgan fingerprint density at radius 1 is 1.12 bits per heavy atom. The van der Waals surface area contributed by atoms with E-state index >= 15 is 0 Å². The van der Waals surface area contributed by atoms with Crippen LogP contribution in [-0.4, -0.2) is 9.78 Å². The standard InChI is InChI=1S/C21H30N2O.ClH/c1-3-10-19-15-20(24-16-18-11-6-4-7-12-18)23(22-19)17-21(2)13-8-5-9-14-21;/h4,6-7,11-12,15H,3,5,8-10,13-14,16-17H2,1-2H3;1H. The van der Waals surface area contributed by atoms with Crippen LogP contribution in [-0.2, 0) is 19.6 Å². The van der Waals surface area contributed by atoms with Gasteiger partial charge in [-0.3, -0.25) is 0 Å². The second kappa shape index (κ2) is 9.28. The molecule has 1 aliphatic rings. The molecular formula is C21H31ClN2O. The molecule has 1 aromatic carbocycles. The number of rotatable bonds is 7. The number of nitrogens with zero attached hydrogens (tertiary/aromatic N) is 2. The summed E-state index contributed by atoms with van der Waals surface area (Å²) in [5.74, 6) is 0.925. The van der Waals surface area contributed by atoms with Crippen LogP contribution in [0, 0.1) is 5.41 Å². The molecule has 0 unspecified atom stereocenters. The Hall–Kier alpha value is -1.48. The first-order valence-electron chi connectivity index (χ1n) is 9.42. The summed E-state index contributed by atoms with van der Waals surface area (Å²) < 4.78 is 8.26. The van der Waals surface area contributed by atoms with Crippen LogP contribution in [0.2, 0.25) is 0 Å². The Bertz CT molecular complexity index is 633. The first kappa shape index (κ1) is 19.8. The van der Waals surface area contributed by atoms with Gasteiger partial charge in [-0.15, -0.1) is 12.4 Å². The van der Waals surface area contributed by atoms with Crippen LogP contribution in [0.25, 0.3) is 0 Å². The number of hydrogen-bond acceptors (Lipinski definition) is 2. The highest BCUT2D eigenvalue weighted by Crippen LogP contribution is 2.38. The van der Waals surface area contributed by atoms with Crippen LogP contribution in [0.4, 0.5) is 0 Å². The van der Waals surface area contributed by atoms with Crippen molar-refractivity contribution in [1.82, 2.24) is 9.78 Å². The van der Waals surface area contributed by atoms with E-state index in [1.165, 1.54) is 37.7 Å². The Morgan fingerprint density at radius 3 is 2.52 bits per heavy atom. The Morgan fingerprint density at radius 2 is 1.84 bits per heavy atom. The molecule has 0 amide bonds. The van der Waals surface area contributed by atoms with Crippen LogP contribution in [0.15, 0.2) is 36.4 Å². The van der Waals surface area contributed by atoms with E-state index in [4.69, 9.17) is 9.84 Å². The molecule has 4 heteroatoms. The molecule has 138 valence electrons. The molecule has 0 radical (unpaired) electrons. The highest BCUT2D eigenvalue weighted by atomic mass is 35.5. The smallest absolute Gasteiger partial charge is 0.212 e. The fraction of sp³-hybridized carbons (Fsp3) is 0.571. The van der Waals surface area contributed by atoms with Gasteiger partial charge in [0, 0.05) is 6.07 Å². The molecule has 3 rings (SSSR count). The number of aromatic nitrogens is 2. The number of ether oxygens (including phenoxy) is 1. The summed E-state index contributed by atoms with van der Waals surface area (Å²) in [4.78, 5) is 0. The van der Waals surface area contributed by atoms with Crippen molar-refractivity contribution in [1.29, 1.82) is 0 Å². The maximum atomic E-state index is 6.14. The summed E-state index contributed by atoms with van der Waals surface area (Å²) in [6.07, 6.45) is 8.81. The van der Waals surface area contributed by atoms with E-state index in [0.717, 1.165) is 31.0 Å². The monoisotopic (exact) mass is 362 g/mol. The summed E-state index contributed by atoms with van der Waals surface area (Å²) >= 11 is 0. The van der Waals surface area contributed by atoms with Crippen molar-refractivity contribution in [2.24, 2.45) is 5.41 Å². The molecule has 2 aromatic rings.